The van der Waals surface area contributed by atoms with Gasteiger partial charge in [0.2, 0.25) is 0 Å². The minimum atomic E-state index is -3.79. The van der Waals surface area contributed by atoms with Gasteiger partial charge in [-0.2, -0.15) is 0 Å². The van der Waals surface area contributed by atoms with Crippen LogP contribution in [0.1, 0.15) is 30.5 Å². The Morgan fingerprint density at radius 2 is 1.75 bits per heavy atom. The SMILES string of the molecule is COc1ccc([C@H](C)NC(=O)Nc2ccc(S(=O)(=O)Nc3ccc4c(c3)CCCN4)cc2)c(Cl)c1Cl. The van der Waals surface area contributed by atoms with Crippen molar-refractivity contribution in [2.24, 2.45) is 0 Å². The normalized spacial score (nSPS) is 13.7. The highest BCUT2D eigenvalue weighted by atomic mass is 35.5. The molecule has 1 aliphatic rings. The van der Waals surface area contributed by atoms with E-state index in [1.54, 1.807) is 25.1 Å². The fourth-order valence-corrected chi connectivity index (χ4v) is 5.57. The molecule has 0 unspecified atom stereocenters. The van der Waals surface area contributed by atoms with Crippen LogP contribution in [-0.4, -0.2) is 28.1 Å². The van der Waals surface area contributed by atoms with Gasteiger partial charge in [0, 0.05) is 23.6 Å². The van der Waals surface area contributed by atoms with Crippen molar-refractivity contribution in [1.82, 2.24) is 5.32 Å². The highest BCUT2D eigenvalue weighted by Crippen LogP contribution is 2.37. The largest absolute Gasteiger partial charge is 0.495 e. The molecule has 0 bridgehead atoms. The van der Waals surface area contributed by atoms with Crippen LogP contribution in [0.2, 0.25) is 10.0 Å². The summed E-state index contributed by atoms with van der Waals surface area (Å²) in [6.45, 7) is 2.68. The van der Waals surface area contributed by atoms with E-state index in [9.17, 15) is 13.2 Å². The molecule has 0 saturated heterocycles. The zero-order valence-corrected chi connectivity index (χ0v) is 22.0. The van der Waals surface area contributed by atoms with E-state index in [0.29, 0.717) is 27.7 Å². The molecule has 8 nitrogen and oxygen atoms in total. The highest BCUT2D eigenvalue weighted by Gasteiger charge is 2.19. The second-order valence-corrected chi connectivity index (χ2v) is 10.8. The summed E-state index contributed by atoms with van der Waals surface area (Å²) >= 11 is 12.5. The van der Waals surface area contributed by atoms with Crippen molar-refractivity contribution in [1.29, 1.82) is 0 Å². The van der Waals surface area contributed by atoms with E-state index in [0.717, 1.165) is 30.6 Å². The van der Waals surface area contributed by atoms with Crippen LogP contribution in [0.15, 0.2) is 59.5 Å². The Morgan fingerprint density at radius 1 is 1.03 bits per heavy atom. The van der Waals surface area contributed by atoms with Gasteiger partial charge in [-0.1, -0.05) is 29.3 Å². The molecule has 1 aliphatic heterocycles. The van der Waals surface area contributed by atoms with Crippen LogP contribution in [-0.2, 0) is 16.4 Å². The molecule has 0 aromatic heterocycles. The lowest BCUT2D eigenvalue weighted by Crippen LogP contribution is -2.31. The zero-order valence-electron chi connectivity index (χ0n) is 19.7. The first-order valence-corrected chi connectivity index (χ1v) is 13.5. The van der Waals surface area contributed by atoms with Gasteiger partial charge in [0.25, 0.3) is 10.0 Å². The average molecular weight is 549 g/mol. The number of rotatable bonds is 7. The molecule has 36 heavy (non-hydrogen) atoms. The van der Waals surface area contributed by atoms with Crippen molar-refractivity contribution < 1.29 is 17.9 Å². The smallest absolute Gasteiger partial charge is 0.319 e. The number of methoxy groups -OCH3 is 1. The zero-order chi connectivity index (χ0) is 25.9. The third-order valence-electron chi connectivity index (χ3n) is 5.83. The second-order valence-electron chi connectivity index (χ2n) is 8.34. The van der Waals surface area contributed by atoms with Crippen LogP contribution in [0, 0.1) is 0 Å². The molecule has 0 saturated carbocycles. The van der Waals surface area contributed by atoms with Gasteiger partial charge in [0.15, 0.2) is 0 Å². The predicted molar refractivity (Wildman–Crippen MR) is 144 cm³/mol. The lowest BCUT2D eigenvalue weighted by atomic mass is 10.0. The predicted octanol–water partition coefficient (Wildman–Crippen LogP) is 6.04. The number of ether oxygens (including phenoxy) is 1. The third kappa shape index (κ3) is 5.80. The van der Waals surface area contributed by atoms with Gasteiger partial charge in [-0.15, -0.1) is 0 Å². The van der Waals surface area contributed by atoms with Crippen molar-refractivity contribution in [3.05, 3.63) is 75.8 Å². The average Bonchev–Trinajstić information content (AvgIpc) is 2.85. The second kappa shape index (κ2) is 10.9. The van der Waals surface area contributed by atoms with Crippen molar-refractivity contribution in [2.75, 3.05) is 29.0 Å². The number of aryl methyl sites for hydroxylation is 1. The molecule has 1 heterocycles. The van der Waals surface area contributed by atoms with E-state index in [1.165, 1.54) is 31.4 Å². The maximum absolute atomic E-state index is 12.9. The molecule has 3 aromatic carbocycles. The number of carbonyl (C=O) groups is 1. The number of hydrogen-bond acceptors (Lipinski definition) is 5. The fraction of sp³-hybridized carbons (Fsp3) is 0.240. The van der Waals surface area contributed by atoms with E-state index >= 15 is 0 Å². The van der Waals surface area contributed by atoms with E-state index < -0.39 is 22.1 Å². The van der Waals surface area contributed by atoms with Gasteiger partial charge >= 0.3 is 6.03 Å². The minimum Gasteiger partial charge on any atom is -0.495 e. The Balaban J connectivity index is 1.39. The Bertz CT molecular complexity index is 1380. The molecule has 3 aromatic rings. The number of carbonyl (C=O) groups excluding carboxylic acids is 1. The van der Waals surface area contributed by atoms with Crippen LogP contribution < -0.4 is 25.4 Å². The number of benzene rings is 3. The molecule has 0 fully saturated rings. The standard InChI is InChI=1S/C25H26Cl2N4O4S/c1-15(20-10-12-22(35-2)24(27)23(20)26)29-25(32)30-17-5-8-19(9-6-17)36(33,34)31-18-7-11-21-16(14-18)4-3-13-28-21/h5-12,14-15,28,31H,3-4,13H2,1-2H3,(H2,29,30,32)/t15-/m0/s1. The topological polar surface area (TPSA) is 109 Å². The van der Waals surface area contributed by atoms with E-state index in [4.69, 9.17) is 27.9 Å². The van der Waals surface area contributed by atoms with Gasteiger partial charge < -0.3 is 20.7 Å². The fourth-order valence-electron chi connectivity index (χ4n) is 3.95. The number of anilines is 3. The number of halogens is 2. The Labute approximate surface area is 220 Å². The van der Waals surface area contributed by atoms with Gasteiger partial charge in [0.05, 0.1) is 23.1 Å². The number of sulfonamides is 1. The van der Waals surface area contributed by atoms with Gasteiger partial charge in [-0.05, 0) is 79.4 Å². The summed E-state index contributed by atoms with van der Waals surface area (Å²) in [4.78, 5) is 12.6. The highest BCUT2D eigenvalue weighted by molar-refractivity contribution is 7.92. The number of nitrogens with one attached hydrogen (secondary N) is 4. The third-order valence-corrected chi connectivity index (χ3v) is 8.11. The quantitative estimate of drug-likeness (QED) is 0.287. The first-order chi connectivity index (χ1) is 17.2. The van der Waals surface area contributed by atoms with Crippen molar-refractivity contribution in [3.63, 3.8) is 0 Å². The summed E-state index contributed by atoms with van der Waals surface area (Å²) in [5, 5.41) is 9.33. The number of amides is 2. The van der Waals surface area contributed by atoms with Gasteiger partial charge in [-0.25, -0.2) is 13.2 Å². The van der Waals surface area contributed by atoms with Crippen LogP contribution in [0.25, 0.3) is 0 Å². The lowest BCUT2D eigenvalue weighted by molar-refractivity contribution is 0.249. The molecule has 2 amide bonds. The Morgan fingerprint density at radius 3 is 2.47 bits per heavy atom. The summed E-state index contributed by atoms with van der Waals surface area (Å²) in [7, 11) is -2.30. The minimum absolute atomic E-state index is 0.0809. The maximum Gasteiger partial charge on any atom is 0.319 e. The Hall–Kier alpha value is -3.14. The molecule has 190 valence electrons. The van der Waals surface area contributed by atoms with Crippen LogP contribution in [0.4, 0.5) is 21.9 Å². The maximum atomic E-state index is 12.9. The van der Waals surface area contributed by atoms with E-state index in [-0.39, 0.29) is 9.92 Å². The van der Waals surface area contributed by atoms with Crippen LogP contribution in [0.5, 0.6) is 5.75 Å². The molecule has 4 rings (SSSR count). The molecule has 0 aliphatic carbocycles. The molecule has 4 N–H and O–H groups in total. The van der Waals surface area contributed by atoms with Crippen LogP contribution >= 0.6 is 23.2 Å². The molecular formula is C25H26Cl2N4O4S. The van der Waals surface area contributed by atoms with Gasteiger partial charge in [-0.3, -0.25) is 4.72 Å². The number of fused-ring (bicyclic) bond motifs is 1. The monoisotopic (exact) mass is 548 g/mol. The summed E-state index contributed by atoms with van der Waals surface area (Å²) in [6, 6.07) is 13.8. The summed E-state index contributed by atoms with van der Waals surface area (Å²) < 4.78 is 33.5. The molecule has 11 heteroatoms. The van der Waals surface area contributed by atoms with Crippen molar-refractivity contribution in [2.45, 2.75) is 30.7 Å². The molecule has 1 atom stereocenters. The lowest BCUT2D eigenvalue weighted by Gasteiger charge is -2.19. The van der Waals surface area contributed by atoms with Crippen LogP contribution in [0.3, 0.4) is 0 Å². The summed E-state index contributed by atoms with van der Waals surface area (Å²) in [5.41, 5.74) is 3.68. The van der Waals surface area contributed by atoms with E-state index in [2.05, 4.69) is 20.7 Å². The molecular weight excluding hydrogens is 523 g/mol. The first-order valence-electron chi connectivity index (χ1n) is 11.3. The first kappa shape index (κ1) is 25.9. The number of urea groups is 1. The van der Waals surface area contributed by atoms with E-state index in [1.807, 2.05) is 12.1 Å². The van der Waals surface area contributed by atoms with Crippen molar-refractivity contribution in [3.8, 4) is 5.75 Å². The van der Waals surface area contributed by atoms with Gasteiger partial charge in [0.1, 0.15) is 10.8 Å². The molecule has 0 spiro atoms. The Kier molecular flexibility index (Phi) is 7.82. The number of hydrogen-bond donors (Lipinski definition) is 4. The van der Waals surface area contributed by atoms with Crippen molar-refractivity contribution >= 4 is 56.3 Å². The summed E-state index contributed by atoms with van der Waals surface area (Å²) in [6.07, 6.45) is 1.90. The summed E-state index contributed by atoms with van der Waals surface area (Å²) in [5.74, 6) is 0.440. The molecule has 0 radical (unpaired) electrons.